The minimum absolute atomic E-state index is 0.136. The lowest BCUT2D eigenvalue weighted by atomic mass is 10.1. The smallest absolute Gasteiger partial charge is 0.0346 e. The van der Waals surface area contributed by atoms with Crippen LogP contribution < -0.4 is 5.73 Å². The molecule has 1 unspecified atom stereocenters. The van der Waals surface area contributed by atoms with Crippen molar-refractivity contribution in [2.45, 2.75) is 13.0 Å². The zero-order chi connectivity index (χ0) is 8.55. The van der Waals surface area contributed by atoms with Crippen molar-refractivity contribution in [3.63, 3.8) is 0 Å². The van der Waals surface area contributed by atoms with Gasteiger partial charge in [-0.05, 0) is 35.4 Å². The Kier molecular flexibility index (Phi) is 1.87. The predicted molar refractivity (Wildman–Crippen MR) is 54.4 cm³/mol. The molecule has 0 radical (unpaired) electrons. The molecule has 1 nitrogen and oxygen atoms in total. The molecule has 0 fully saturated rings. The highest BCUT2D eigenvalue weighted by molar-refractivity contribution is 7.17. The van der Waals surface area contributed by atoms with Crippen molar-refractivity contribution in [1.29, 1.82) is 0 Å². The first kappa shape index (κ1) is 7.77. The van der Waals surface area contributed by atoms with E-state index in [0.29, 0.717) is 0 Å². The van der Waals surface area contributed by atoms with E-state index in [0.717, 1.165) is 0 Å². The fourth-order valence-corrected chi connectivity index (χ4v) is 2.09. The van der Waals surface area contributed by atoms with Crippen molar-refractivity contribution in [2.75, 3.05) is 0 Å². The van der Waals surface area contributed by atoms with E-state index in [1.54, 1.807) is 11.3 Å². The van der Waals surface area contributed by atoms with Crippen LogP contribution in [-0.2, 0) is 0 Å². The van der Waals surface area contributed by atoms with Gasteiger partial charge in [-0.3, -0.25) is 0 Å². The van der Waals surface area contributed by atoms with Gasteiger partial charge in [0.2, 0.25) is 0 Å². The number of hydrogen-bond donors (Lipinski definition) is 1. The van der Waals surface area contributed by atoms with Crippen LogP contribution in [-0.4, -0.2) is 0 Å². The Morgan fingerprint density at radius 3 is 2.92 bits per heavy atom. The summed E-state index contributed by atoms with van der Waals surface area (Å²) in [5.41, 5.74) is 6.99. The van der Waals surface area contributed by atoms with Crippen molar-refractivity contribution < 1.29 is 0 Å². The summed E-state index contributed by atoms with van der Waals surface area (Å²) in [5.74, 6) is 0. The lowest BCUT2D eigenvalue weighted by Crippen LogP contribution is -2.03. The van der Waals surface area contributed by atoms with E-state index in [2.05, 4.69) is 29.6 Å². The summed E-state index contributed by atoms with van der Waals surface area (Å²) in [4.78, 5) is 0. The van der Waals surface area contributed by atoms with Crippen LogP contribution in [0.3, 0.4) is 0 Å². The number of fused-ring (bicyclic) bond motifs is 1. The maximum Gasteiger partial charge on any atom is 0.0346 e. The van der Waals surface area contributed by atoms with E-state index in [1.165, 1.54) is 15.6 Å². The summed E-state index contributed by atoms with van der Waals surface area (Å²) >= 11 is 1.76. The molecule has 12 heavy (non-hydrogen) atoms. The molecule has 0 spiro atoms. The molecule has 62 valence electrons. The highest BCUT2D eigenvalue weighted by atomic mass is 32.1. The van der Waals surface area contributed by atoms with Crippen molar-refractivity contribution in [3.8, 4) is 0 Å². The van der Waals surface area contributed by atoms with Crippen molar-refractivity contribution in [2.24, 2.45) is 5.73 Å². The highest BCUT2D eigenvalue weighted by Gasteiger charge is 2.00. The van der Waals surface area contributed by atoms with Gasteiger partial charge in [-0.1, -0.05) is 12.1 Å². The minimum Gasteiger partial charge on any atom is -0.324 e. The molecule has 0 amide bonds. The van der Waals surface area contributed by atoms with Crippen LogP contribution in [0.4, 0.5) is 0 Å². The summed E-state index contributed by atoms with van der Waals surface area (Å²) in [6, 6.07) is 8.66. The maximum atomic E-state index is 5.78. The number of benzene rings is 1. The zero-order valence-electron chi connectivity index (χ0n) is 6.95. The number of hydrogen-bond acceptors (Lipinski definition) is 2. The molecular weight excluding hydrogens is 166 g/mol. The van der Waals surface area contributed by atoms with Gasteiger partial charge < -0.3 is 5.73 Å². The Labute approximate surface area is 75.8 Å². The molecule has 0 bridgehead atoms. The molecule has 0 aliphatic rings. The van der Waals surface area contributed by atoms with E-state index in [1.807, 2.05) is 6.92 Å². The van der Waals surface area contributed by atoms with Crippen LogP contribution >= 0.6 is 11.3 Å². The van der Waals surface area contributed by atoms with Crippen LogP contribution in [0.1, 0.15) is 18.5 Å². The molecule has 0 saturated heterocycles. The van der Waals surface area contributed by atoms with Crippen LogP contribution in [0.2, 0.25) is 0 Å². The largest absolute Gasteiger partial charge is 0.324 e. The summed E-state index contributed by atoms with van der Waals surface area (Å²) in [7, 11) is 0. The quantitative estimate of drug-likeness (QED) is 0.712. The monoisotopic (exact) mass is 177 g/mol. The van der Waals surface area contributed by atoms with Gasteiger partial charge in [0.1, 0.15) is 0 Å². The van der Waals surface area contributed by atoms with Gasteiger partial charge in [0.15, 0.2) is 0 Å². The van der Waals surface area contributed by atoms with Gasteiger partial charge >= 0.3 is 0 Å². The SMILES string of the molecule is CC(N)c1ccc2ccsc2c1. The van der Waals surface area contributed by atoms with E-state index in [4.69, 9.17) is 5.73 Å². The second-order valence-corrected chi connectivity index (χ2v) is 3.95. The standard InChI is InChI=1S/C10H11NS/c1-7(11)9-3-2-8-4-5-12-10(8)6-9/h2-7H,11H2,1H3. The lowest BCUT2D eigenvalue weighted by molar-refractivity contribution is 0.820. The van der Waals surface area contributed by atoms with Gasteiger partial charge in [0, 0.05) is 10.7 Å². The van der Waals surface area contributed by atoms with Gasteiger partial charge in [0.25, 0.3) is 0 Å². The van der Waals surface area contributed by atoms with Crippen LogP contribution in [0.15, 0.2) is 29.6 Å². The molecule has 1 heterocycles. The second kappa shape index (κ2) is 2.88. The molecule has 2 N–H and O–H groups in total. The highest BCUT2D eigenvalue weighted by Crippen LogP contribution is 2.23. The average Bonchev–Trinajstić information content (AvgIpc) is 2.49. The fraction of sp³-hybridized carbons (Fsp3) is 0.200. The number of thiophene rings is 1. The third-order valence-corrected chi connectivity index (χ3v) is 2.89. The first-order valence-corrected chi connectivity index (χ1v) is 4.88. The topological polar surface area (TPSA) is 26.0 Å². The predicted octanol–water partition coefficient (Wildman–Crippen LogP) is 2.92. The molecule has 2 heteroatoms. The van der Waals surface area contributed by atoms with E-state index in [-0.39, 0.29) is 6.04 Å². The normalized spacial score (nSPS) is 13.5. The third kappa shape index (κ3) is 1.24. The summed E-state index contributed by atoms with van der Waals surface area (Å²) in [6.07, 6.45) is 0. The summed E-state index contributed by atoms with van der Waals surface area (Å²) < 4.78 is 1.32. The van der Waals surface area contributed by atoms with Gasteiger partial charge in [-0.15, -0.1) is 11.3 Å². The molecule has 2 rings (SSSR count). The fourth-order valence-electron chi connectivity index (χ4n) is 1.25. The Balaban J connectivity index is 2.60. The first-order valence-electron chi connectivity index (χ1n) is 4.00. The van der Waals surface area contributed by atoms with Gasteiger partial charge in [-0.25, -0.2) is 0 Å². The first-order chi connectivity index (χ1) is 5.77. The third-order valence-electron chi connectivity index (χ3n) is 2.01. The molecule has 0 aliphatic carbocycles. The molecule has 1 aromatic carbocycles. The Bertz CT molecular complexity index is 389. The molecule has 0 aliphatic heterocycles. The van der Waals surface area contributed by atoms with E-state index >= 15 is 0 Å². The van der Waals surface area contributed by atoms with Crippen molar-refractivity contribution in [1.82, 2.24) is 0 Å². The number of nitrogens with two attached hydrogens (primary N) is 1. The van der Waals surface area contributed by atoms with Crippen molar-refractivity contribution in [3.05, 3.63) is 35.2 Å². The minimum atomic E-state index is 0.136. The molecule has 2 aromatic rings. The number of rotatable bonds is 1. The maximum absolute atomic E-state index is 5.78. The lowest BCUT2D eigenvalue weighted by Gasteiger charge is -2.04. The van der Waals surface area contributed by atoms with Crippen molar-refractivity contribution >= 4 is 21.4 Å². The second-order valence-electron chi connectivity index (χ2n) is 3.01. The van der Waals surface area contributed by atoms with Gasteiger partial charge in [-0.2, -0.15) is 0 Å². The summed E-state index contributed by atoms with van der Waals surface area (Å²) in [5, 5.41) is 3.42. The Morgan fingerprint density at radius 1 is 1.33 bits per heavy atom. The molecule has 1 atom stereocenters. The Morgan fingerprint density at radius 2 is 2.17 bits per heavy atom. The molecule has 1 aromatic heterocycles. The van der Waals surface area contributed by atoms with Gasteiger partial charge in [0.05, 0.1) is 0 Å². The Hall–Kier alpha value is -0.860. The van der Waals surface area contributed by atoms with Crippen LogP contribution in [0, 0.1) is 0 Å². The molecular formula is C10H11NS. The van der Waals surface area contributed by atoms with E-state index in [9.17, 15) is 0 Å². The van der Waals surface area contributed by atoms with E-state index < -0.39 is 0 Å². The zero-order valence-corrected chi connectivity index (χ0v) is 7.77. The summed E-state index contributed by atoms with van der Waals surface area (Å²) in [6.45, 7) is 2.01. The van der Waals surface area contributed by atoms with Crippen LogP contribution in [0.5, 0.6) is 0 Å². The average molecular weight is 177 g/mol. The van der Waals surface area contributed by atoms with Crippen LogP contribution in [0.25, 0.3) is 10.1 Å². The molecule has 0 saturated carbocycles.